The number of fused-ring (bicyclic) bond motifs is 8. The minimum absolute atomic E-state index is 0.0288. The molecule has 326 valence electrons. The van der Waals surface area contributed by atoms with Gasteiger partial charge in [0, 0.05) is 40.4 Å². The molecule has 0 aliphatic carbocycles. The Morgan fingerprint density at radius 2 is 1.17 bits per heavy atom. The largest absolute Gasteiger partial charge is 0.493 e. The van der Waals surface area contributed by atoms with E-state index in [-0.39, 0.29) is 42.1 Å². The quantitative estimate of drug-likeness (QED) is 0.0720. The van der Waals surface area contributed by atoms with E-state index in [1.807, 2.05) is 80.6 Å². The second-order valence-corrected chi connectivity index (χ2v) is 18.1. The number of nitrogens with one attached hydrogen (secondary N) is 3. The Morgan fingerprint density at radius 3 is 1.62 bits per heavy atom. The molecule has 0 radical (unpaired) electrons. The first-order valence-corrected chi connectivity index (χ1v) is 21.3. The highest BCUT2D eigenvalue weighted by atomic mass is 32.1. The van der Waals surface area contributed by atoms with E-state index in [4.69, 9.17) is 18.9 Å². The maximum absolute atomic E-state index is 14.0. The van der Waals surface area contributed by atoms with Crippen molar-refractivity contribution >= 4 is 58.8 Å². The molecule has 63 heavy (non-hydrogen) atoms. The van der Waals surface area contributed by atoms with Crippen molar-refractivity contribution in [1.29, 1.82) is 0 Å². The lowest BCUT2D eigenvalue weighted by Crippen LogP contribution is -2.45. The predicted molar refractivity (Wildman–Crippen MR) is 243 cm³/mol. The van der Waals surface area contributed by atoms with E-state index in [1.165, 1.54) is 14.2 Å². The molecular formula is C48H49N5O9S. The van der Waals surface area contributed by atoms with Gasteiger partial charge in [-0.3, -0.25) is 14.4 Å². The van der Waals surface area contributed by atoms with Gasteiger partial charge in [-0.1, -0.05) is 50.2 Å². The van der Waals surface area contributed by atoms with Crippen molar-refractivity contribution < 1.29 is 43.5 Å². The first-order chi connectivity index (χ1) is 30.3. The molecule has 9 rings (SSSR count). The molecule has 15 heteroatoms. The number of ether oxygens (including phenoxy) is 4. The number of amides is 3. The highest BCUT2D eigenvalue weighted by Crippen LogP contribution is 2.44. The lowest BCUT2D eigenvalue weighted by atomic mass is 10.1. The van der Waals surface area contributed by atoms with Gasteiger partial charge in [-0.25, -0.2) is 0 Å². The third kappa shape index (κ3) is 8.19. The van der Waals surface area contributed by atoms with Gasteiger partial charge in [0.1, 0.15) is 25.7 Å². The van der Waals surface area contributed by atoms with Crippen LogP contribution in [-0.2, 0) is 30.8 Å². The number of para-hydroxylation sites is 2. The highest BCUT2D eigenvalue weighted by molar-refractivity contribution is 7.81. The standard InChI is InChI=1S/C48H49N5O9S/c1-48(2,63)14-13-43(54)49-30-16-26(24-61-41-22-33-31(20-39(41)59-3)46(57)52-35-11-7-5-9-28(35)18-37(52)44(55)50-33)15-27(17-30)25-62-42-23-34-32(21-40(42)60-4)47(58)53-36-12-8-6-10-29(36)19-38(53)45(56)51-34/h5-12,15-17,20-23,37-38,44-45,50-51,55-56,63H,13-14,18-19,24-25H2,1-4H3,(H,49,54)/t37-,38-,44?,45?/m0/s1. The Balaban J connectivity index is 0.980. The summed E-state index contributed by atoms with van der Waals surface area (Å²) in [5, 5.41) is 31.9. The Hall–Kier alpha value is -6.42. The fraction of sp³-hybridized carbons (Fsp3) is 0.312. The molecule has 3 amide bonds. The molecule has 4 aliphatic rings. The topological polar surface area (TPSA) is 171 Å². The van der Waals surface area contributed by atoms with Crippen molar-refractivity contribution in [1.82, 2.24) is 0 Å². The Morgan fingerprint density at radius 1 is 0.714 bits per heavy atom. The molecule has 14 nitrogen and oxygen atoms in total. The van der Waals surface area contributed by atoms with Crippen LogP contribution in [0.3, 0.4) is 0 Å². The molecule has 0 spiro atoms. The molecular weight excluding hydrogens is 823 g/mol. The van der Waals surface area contributed by atoms with Crippen molar-refractivity contribution in [2.45, 2.75) is 82.0 Å². The van der Waals surface area contributed by atoms with Crippen LogP contribution >= 0.6 is 12.6 Å². The number of nitrogens with zero attached hydrogens (tertiary/aromatic N) is 2. The summed E-state index contributed by atoms with van der Waals surface area (Å²) in [6.45, 7) is 3.96. The summed E-state index contributed by atoms with van der Waals surface area (Å²) >= 11 is 4.58. The minimum Gasteiger partial charge on any atom is -0.493 e. The molecule has 4 aliphatic heterocycles. The maximum atomic E-state index is 14.0. The first kappa shape index (κ1) is 41.9. The SMILES string of the molecule is COc1cc2c(cc1OCc1cc(COc3cc4c(cc3OC)C(=O)N3c5ccccc5C[C@H]3C(O)N4)cc(NC(=O)CCC(C)(C)S)c1)NC(O)[C@@H]1Cc3ccccc3N1C2=O. The molecule has 5 N–H and O–H groups in total. The van der Waals surface area contributed by atoms with Crippen molar-refractivity contribution in [2.75, 3.05) is 40.0 Å². The summed E-state index contributed by atoms with van der Waals surface area (Å²) in [5.74, 6) is 0.595. The van der Waals surface area contributed by atoms with E-state index in [2.05, 4.69) is 28.6 Å². The van der Waals surface area contributed by atoms with Crippen molar-refractivity contribution in [3.05, 3.63) is 124 Å². The third-order valence-electron chi connectivity index (χ3n) is 12.0. The van der Waals surface area contributed by atoms with Crippen LogP contribution in [0.15, 0.2) is 91.0 Å². The smallest absolute Gasteiger partial charge is 0.260 e. The summed E-state index contributed by atoms with van der Waals surface area (Å²) in [6.07, 6.45) is -0.274. The number of carbonyl (C=O) groups excluding carboxylic acids is 3. The van der Waals surface area contributed by atoms with Crippen LogP contribution in [0.5, 0.6) is 23.0 Å². The van der Waals surface area contributed by atoms with Crippen LogP contribution in [0.2, 0.25) is 0 Å². The molecule has 4 heterocycles. The van der Waals surface area contributed by atoms with Crippen LogP contribution in [-0.4, -0.2) is 71.4 Å². The maximum Gasteiger partial charge on any atom is 0.260 e. The number of aliphatic hydroxyl groups excluding tert-OH is 2. The van der Waals surface area contributed by atoms with Crippen LogP contribution in [0.25, 0.3) is 0 Å². The minimum atomic E-state index is -1.05. The van der Waals surface area contributed by atoms with E-state index in [0.29, 0.717) is 81.6 Å². The van der Waals surface area contributed by atoms with E-state index in [0.717, 1.165) is 22.5 Å². The fourth-order valence-corrected chi connectivity index (χ4v) is 8.96. The molecule has 0 fully saturated rings. The lowest BCUT2D eigenvalue weighted by molar-refractivity contribution is -0.116. The molecule has 0 saturated heterocycles. The van der Waals surface area contributed by atoms with Crippen LogP contribution in [0, 0.1) is 0 Å². The third-order valence-corrected chi connectivity index (χ3v) is 12.2. The average Bonchev–Trinajstić information content (AvgIpc) is 3.81. The average molecular weight is 872 g/mol. The molecule has 0 saturated carbocycles. The van der Waals surface area contributed by atoms with Gasteiger partial charge in [0.05, 0.1) is 48.8 Å². The number of rotatable bonds is 12. The Labute approximate surface area is 370 Å². The van der Waals surface area contributed by atoms with Crippen LogP contribution in [0.4, 0.5) is 28.4 Å². The summed E-state index contributed by atoms with van der Waals surface area (Å²) in [7, 11) is 2.99. The van der Waals surface area contributed by atoms with E-state index < -0.39 is 24.5 Å². The van der Waals surface area contributed by atoms with Gasteiger partial charge in [0.25, 0.3) is 11.8 Å². The number of hydrogen-bond acceptors (Lipinski definition) is 12. The molecule has 0 aromatic heterocycles. The van der Waals surface area contributed by atoms with Crippen molar-refractivity contribution in [3.63, 3.8) is 0 Å². The monoisotopic (exact) mass is 871 g/mol. The van der Waals surface area contributed by atoms with E-state index >= 15 is 0 Å². The van der Waals surface area contributed by atoms with E-state index in [9.17, 15) is 24.6 Å². The summed E-state index contributed by atoms with van der Waals surface area (Å²) < 4.78 is 23.9. The summed E-state index contributed by atoms with van der Waals surface area (Å²) in [5.41, 5.74) is 6.86. The van der Waals surface area contributed by atoms with Crippen LogP contribution < -0.4 is 44.7 Å². The van der Waals surface area contributed by atoms with Gasteiger partial charge in [0.15, 0.2) is 23.0 Å². The fourth-order valence-electron chi connectivity index (χ4n) is 8.85. The Kier molecular flexibility index (Phi) is 11.1. The van der Waals surface area contributed by atoms with Gasteiger partial charge in [-0.05, 0) is 84.0 Å². The summed E-state index contributed by atoms with van der Waals surface area (Å²) in [6, 6.07) is 26.3. The van der Waals surface area contributed by atoms with Crippen LogP contribution in [0.1, 0.15) is 69.7 Å². The molecule has 2 unspecified atom stereocenters. The lowest BCUT2D eigenvalue weighted by Gasteiger charge is -2.26. The normalized spacial score (nSPS) is 19.5. The number of benzene rings is 5. The van der Waals surface area contributed by atoms with Gasteiger partial charge in [-0.2, -0.15) is 12.6 Å². The zero-order valence-electron chi connectivity index (χ0n) is 35.3. The van der Waals surface area contributed by atoms with Crippen molar-refractivity contribution in [2.24, 2.45) is 0 Å². The highest BCUT2D eigenvalue weighted by Gasteiger charge is 2.43. The second kappa shape index (κ2) is 16.7. The van der Waals surface area contributed by atoms with Crippen molar-refractivity contribution in [3.8, 4) is 23.0 Å². The number of methoxy groups -OCH3 is 2. The first-order valence-electron chi connectivity index (χ1n) is 20.9. The predicted octanol–water partition coefficient (Wildman–Crippen LogP) is 6.92. The zero-order valence-corrected chi connectivity index (χ0v) is 36.2. The summed E-state index contributed by atoms with van der Waals surface area (Å²) in [4.78, 5) is 44.5. The molecule has 5 aromatic carbocycles. The Bertz CT molecular complexity index is 2470. The molecule has 0 bridgehead atoms. The number of anilines is 5. The number of carbonyl (C=O) groups is 3. The number of hydrogen-bond donors (Lipinski definition) is 6. The second-order valence-electron chi connectivity index (χ2n) is 16.9. The number of thiol groups is 1. The van der Waals surface area contributed by atoms with Gasteiger partial charge >= 0.3 is 0 Å². The van der Waals surface area contributed by atoms with Gasteiger partial charge in [-0.15, -0.1) is 0 Å². The van der Waals surface area contributed by atoms with Gasteiger partial charge < -0.3 is 54.9 Å². The molecule has 4 atom stereocenters. The zero-order chi connectivity index (χ0) is 44.2. The van der Waals surface area contributed by atoms with E-state index in [1.54, 1.807) is 34.1 Å². The molecule has 5 aromatic rings. The number of aliphatic hydroxyl groups is 2. The van der Waals surface area contributed by atoms with Gasteiger partial charge in [0.2, 0.25) is 5.91 Å².